The first-order valence-corrected chi connectivity index (χ1v) is 6.31. The molecule has 0 aliphatic carbocycles. The molecule has 0 saturated carbocycles. The number of aliphatic carboxylic acids is 1. The Morgan fingerprint density at radius 1 is 1.32 bits per heavy atom. The number of carboxylic acids is 1. The van der Waals surface area contributed by atoms with Gasteiger partial charge in [0.25, 0.3) is 0 Å². The number of nitrogens with zero attached hydrogens (tertiary/aromatic N) is 1. The van der Waals surface area contributed by atoms with Gasteiger partial charge in [-0.3, -0.25) is 19.3 Å². The van der Waals surface area contributed by atoms with E-state index in [1.165, 1.54) is 0 Å². The fourth-order valence-electron chi connectivity index (χ4n) is 1.90. The second kappa shape index (κ2) is 6.86. The molecule has 0 radical (unpaired) electrons. The zero-order valence-corrected chi connectivity index (χ0v) is 10.8. The minimum Gasteiger partial charge on any atom is -0.480 e. The van der Waals surface area contributed by atoms with Gasteiger partial charge in [0.2, 0.25) is 17.7 Å². The number of carbonyl (C=O) groups excluding carboxylic acids is 3. The molecule has 0 aromatic heterocycles. The minimum absolute atomic E-state index is 0.0158. The second-order valence-corrected chi connectivity index (χ2v) is 4.44. The van der Waals surface area contributed by atoms with E-state index in [-0.39, 0.29) is 37.6 Å². The van der Waals surface area contributed by atoms with Crippen molar-refractivity contribution < 1.29 is 24.3 Å². The van der Waals surface area contributed by atoms with Gasteiger partial charge in [-0.2, -0.15) is 0 Å². The summed E-state index contributed by atoms with van der Waals surface area (Å²) in [5.41, 5.74) is 0. The van der Waals surface area contributed by atoms with Crippen LogP contribution in [0.4, 0.5) is 0 Å². The Bertz CT molecular complexity index is 378. The summed E-state index contributed by atoms with van der Waals surface area (Å²) in [6.07, 6.45) is 1.30. The average molecular weight is 270 g/mol. The van der Waals surface area contributed by atoms with E-state index in [0.717, 1.165) is 4.90 Å². The topological polar surface area (TPSA) is 104 Å². The van der Waals surface area contributed by atoms with Gasteiger partial charge in [0.05, 0.1) is 0 Å². The lowest BCUT2D eigenvalue weighted by Gasteiger charge is -2.16. The third kappa shape index (κ3) is 4.35. The molecule has 1 aliphatic rings. The number of likely N-dealkylation sites (tertiary alicyclic amines) is 1. The van der Waals surface area contributed by atoms with Gasteiger partial charge in [-0.05, 0) is 6.42 Å². The standard InChI is InChI=1S/C12H18N2O5/c1-2-3-8(12(18)19)13-9(15)6-7-14-10(16)4-5-11(14)17/h8H,2-7H2,1H3,(H,13,15)(H,18,19)/t8-/m1/s1. The first kappa shape index (κ1) is 15.1. The zero-order valence-electron chi connectivity index (χ0n) is 10.8. The number of carbonyl (C=O) groups is 4. The molecule has 0 unspecified atom stereocenters. The zero-order chi connectivity index (χ0) is 14.4. The van der Waals surface area contributed by atoms with E-state index >= 15 is 0 Å². The van der Waals surface area contributed by atoms with Crippen molar-refractivity contribution in [3.05, 3.63) is 0 Å². The normalized spacial score (nSPS) is 16.6. The fraction of sp³-hybridized carbons (Fsp3) is 0.667. The van der Waals surface area contributed by atoms with Gasteiger partial charge in [0.15, 0.2) is 0 Å². The van der Waals surface area contributed by atoms with Crippen molar-refractivity contribution in [2.75, 3.05) is 6.54 Å². The highest BCUT2D eigenvalue weighted by molar-refractivity contribution is 6.02. The Balaban J connectivity index is 2.40. The van der Waals surface area contributed by atoms with E-state index in [9.17, 15) is 19.2 Å². The number of hydrogen-bond acceptors (Lipinski definition) is 4. The second-order valence-electron chi connectivity index (χ2n) is 4.44. The number of rotatable bonds is 7. The summed E-state index contributed by atoms with van der Waals surface area (Å²) in [6, 6.07) is -0.914. The number of carboxylic acid groups (broad SMARTS) is 1. The molecule has 7 heteroatoms. The molecule has 19 heavy (non-hydrogen) atoms. The summed E-state index contributed by atoms with van der Waals surface area (Å²) in [4.78, 5) is 46.1. The SMILES string of the molecule is CCC[C@@H](NC(=O)CCN1C(=O)CCC1=O)C(=O)O. The molecule has 1 rings (SSSR count). The van der Waals surface area contributed by atoms with Crippen LogP contribution in [0.15, 0.2) is 0 Å². The maximum atomic E-state index is 11.6. The van der Waals surface area contributed by atoms with Crippen LogP contribution >= 0.6 is 0 Å². The lowest BCUT2D eigenvalue weighted by molar-refractivity contribution is -0.143. The van der Waals surface area contributed by atoms with E-state index in [4.69, 9.17) is 5.11 Å². The van der Waals surface area contributed by atoms with Crippen LogP contribution in [0.3, 0.4) is 0 Å². The van der Waals surface area contributed by atoms with Crippen LogP contribution < -0.4 is 5.32 Å². The number of nitrogens with one attached hydrogen (secondary N) is 1. The molecule has 1 heterocycles. The summed E-state index contributed by atoms with van der Waals surface area (Å²) in [5.74, 6) is -2.10. The summed E-state index contributed by atoms with van der Waals surface area (Å²) in [5, 5.41) is 11.3. The van der Waals surface area contributed by atoms with Gasteiger partial charge in [0.1, 0.15) is 6.04 Å². The number of imide groups is 1. The van der Waals surface area contributed by atoms with Crippen LogP contribution in [0, 0.1) is 0 Å². The maximum Gasteiger partial charge on any atom is 0.326 e. The summed E-state index contributed by atoms with van der Waals surface area (Å²) in [6.45, 7) is 1.84. The largest absolute Gasteiger partial charge is 0.480 e. The average Bonchev–Trinajstić information content (AvgIpc) is 2.66. The summed E-state index contributed by atoms with van der Waals surface area (Å²) >= 11 is 0. The third-order valence-corrected chi connectivity index (χ3v) is 2.93. The molecule has 106 valence electrons. The van der Waals surface area contributed by atoms with E-state index in [1.807, 2.05) is 6.92 Å². The monoisotopic (exact) mass is 270 g/mol. The van der Waals surface area contributed by atoms with E-state index in [0.29, 0.717) is 12.8 Å². The lowest BCUT2D eigenvalue weighted by Crippen LogP contribution is -2.42. The highest BCUT2D eigenvalue weighted by Crippen LogP contribution is 2.11. The molecule has 1 atom stereocenters. The molecule has 0 aromatic rings. The highest BCUT2D eigenvalue weighted by Gasteiger charge is 2.29. The van der Waals surface area contributed by atoms with Crippen molar-refractivity contribution in [2.24, 2.45) is 0 Å². The molecule has 7 nitrogen and oxygen atoms in total. The summed E-state index contributed by atoms with van der Waals surface area (Å²) in [7, 11) is 0. The summed E-state index contributed by atoms with van der Waals surface area (Å²) < 4.78 is 0. The third-order valence-electron chi connectivity index (χ3n) is 2.93. The number of amides is 3. The lowest BCUT2D eigenvalue weighted by atomic mass is 10.1. The van der Waals surface area contributed by atoms with E-state index < -0.39 is 17.9 Å². The van der Waals surface area contributed by atoms with Crippen molar-refractivity contribution in [2.45, 2.75) is 45.1 Å². The van der Waals surface area contributed by atoms with Crippen LogP contribution in [-0.4, -0.2) is 46.3 Å². The van der Waals surface area contributed by atoms with Gasteiger partial charge in [-0.25, -0.2) is 4.79 Å². The molecule has 0 spiro atoms. The van der Waals surface area contributed by atoms with Crippen LogP contribution in [0.1, 0.15) is 39.0 Å². The van der Waals surface area contributed by atoms with Crippen molar-refractivity contribution >= 4 is 23.7 Å². The molecule has 2 N–H and O–H groups in total. The smallest absolute Gasteiger partial charge is 0.326 e. The van der Waals surface area contributed by atoms with Gasteiger partial charge >= 0.3 is 5.97 Å². The molecule has 1 fully saturated rings. The predicted octanol–water partition coefficient (Wildman–Crippen LogP) is -0.105. The first-order valence-electron chi connectivity index (χ1n) is 6.31. The van der Waals surface area contributed by atoms with Crippen molar-refractivity contribution in [1.82, 2.24) is 10.2 Å². The number of hydrogen-bond donors (Lipinski definition) is 2. The molecule has 1 aliphatic heterocycles. The van der Waals surface area contributed by atoms with Crippen LogP contribution in [0.5, 0.6) is 0 Å². The molecule has 0 bridgehead atoms. The Hall–Kier alpha value is -1.92. The van der Waals surface area contributed by atoms with Crippen LogP contribution in [0.25, 0.3) is 0 Å². The van der Waals surface area contributed by atoms with Crippen molar-refractivity contribution in [1.29, 1.82) is 0 Å². The Kier molecular flexibility index (Phi) is 5.47. The maximum absolute atomic E-state index is 11.6. The minimum atomic E-state index is -1.08. The van der Waals surface area contributed by atoms with Gasteiger partial charge < -0.3 is 10.4 Å². The fourth-order valence-corrected chi connectivity index (χ4v) is 1.90. The van der Waals surface area contributed by atoms with E-state index in [1.54, 1.807) is 0 Å². The van der Waals surface area contributed by atoms with Gasteiger partial charge in [-0.15, -0.1) is 0 Å². The quantitative estimate of drug-likeness (QED) is 0.628. The van der Waals surface area contributed by atoms with Crippen molar-refractivity contribution in [3.8, 4) is 0 Å². The first-order chi connectivity index (χ1) is 8.95. The Labute approximate surface area is 110 Å². The highest BCUT2D eigenvalue weighted by atomic mass is 16.4. The molecule has 1 saturated heterocycles. The molecule has 3 amide bonds. The Morgan fingerprint density at radius 2 is 1.89 bits per heavy atom. The molecular formula is C12H18N2O5. The molecular weight excluding hydrogens is 252 g/mol. The van der Waals surface area contributed by atoms with Crippen LogP contribution in [-0.2, 0) is 19.2 Å². The van der Waals surface area contributed by atoms with Crippen molar-refractivity contribution in [3.63, 3.8) is 0 Å². The van der Waals surface area contributed by atoms with Gasteiger partial charge in [0, 0.05) is 25.8 Å². The predicted molar refractivity (Wildman–Crippen MR) is 65.0 cm³/mol. The molecule has 0 aromatic carbocycles. The van der Waals surface area contributed by atoms with E-state index in [2.05, 4.69) is 5.32 Å². The van der Waals surface area contributed by atoms with Crippen LogP contribution in [0.2, 0.25) is 0 Å². The Morgan fingerprint density at radius 3 is 2.37 bits per heavy atom. The van der Waals surface area contributed by atoms with Gasteiger partial charge in [-0.1, -0.05) is 13.3 Å².